The molecule has 2 amide bonds. The average molecular weight is 374 g/mol. The number of hydrogen-bond acceptors (Lipinski definition) is 5. The molecular formula is C19H22N2O4S. The molecule has 0 aliphatic carbocycles. The van der Waals surface area contributed by atoms with Crippen LogP contribution in [0, 0.1) is 0 Å². The first kappa shape index (κ1) is 19.7. The third-order valence-electron chi connectivity index (χ3n) is 3.64. The minimum atomic E-state index is -0.394. The summed E-state index contributed by atoms with van der Waals surface area (Å²) in [4.78, 5) is 38.1. The number of amides is 2. The molecule has 1 N–H and O–H groups in total. The SMILES string of the molecule is CCOC(=O)c1ccc(N(CCNC(=O)Cc2cccs2)C(C)=O)cc1. The number of nitrogens with one attached hydrogen (secondary N) is 1. The number of esters is 1. The summed E-state index contributed by atoms with van der Waals surface area (Å²) in [6.45, 7) is 4.22. The van der Waals surface area contributed by atoms with Crippen molar-refractivity contribution in [3.63, 3.8) is 0 Å². The van der Waals surface area contributed by atoms with E-state index >= 15 is 0 Å². The Balaban J connectivity index is 1.90. The van der Waals surface area contributed by atoms with E-state index in [2.05, 4.69) is 5.32 Å². The molecule has 2 aromatic rings. The number of ether oxygens (including phenoxy) is 1. The molecule has 0 saturated heterocycles. The summed E-state index contributed by atoms with van der Waals surface area (Å²) in [5, 5.41) is 4.75. The predicted molar refractivity (Wildman–Crippen MR) is 101 cm³/mol. The fraction of sp³-hybridized carbons (Fsp3) is 0.316. The highest BCUT2D eigenvalue weighted by molar-refractivity contribution is 7.10. The summed E-state index contributed by atoms with van der Waals surface area (Å²) in [5.41, 5.74) is 1.10. The van der Waals surface area contributed by atoms with Crippen LogP contribution in [0.15, 0.2) is 41.8 Å². The topological polar surface area (TPSA) is 75.7 Å². The van der Waals surface area contributed by atoms with Crippen LogP contribution in [0.25, 0.3) is 0 Å². The maximum Gasteiger partial charge on any atom is 0.338 e. The van der Waals surface area contributed by atoms with E-state index < -0.39 is 5.97 Å². The minimum absolute atomic E-state index is 0.0754. The maximum atomic E-state index is 11.9. The number of thiophene rings is 1. The van der Waals surface area contributed by atoms with Gasteiger partial charge in [0.05, 0.1) is 18.6 Å². The zero-order valence-corrected chi connectivity index (χ0v) is 15.7. The smallest absolute Gasteiger partial charge is 0.338 e. The number of carbonyl (C=O) groups is 3. The van der Waals surface area contributed by atoms with E-state index in [1.54, 1.807) is 36.1 Å². The second kappa shape index (κ2) is 9.72. The molecule has 0 bridgehead atoms. The van der Waals surface area contributed by atoms with E-state index in [1.807, 2.05) is 17.5 Å². The molecule has 7 heteroatoms. The molecule has 6 nitrogen and oxygen atoms in total. The molecule has 0 unspecified atom stereocenters. The van der Waals surface area contributed by atoms with Crippen LogP contribution in [-0.2, 0) is 20.7 Å². The van der Waals surface area contributed by atoms with Gasteiger partial charge in [0.15, 0.2) is 0 Å². The lowest BCUT2D eigenvalue weighted by Gasteiger charge is -2.21. The highest BCUT2D eigenvalue weighted by Gasteiger charge is 2.13. The van der Waals surface area contributed by atoms with Crippen LogP contribution in [-0.4, -0.2) is 37.5 Å². The lowest BCUT2D eigenvalue weighted by atomic mass is 10.2. The lowest BCUT2D eigenvalue weighted by Crippen LogP contribution is -2.38. The largest absolute Gasteiger partial charge is 0.462 e. The van der Waals surface area contributed by atoms with E-state index in [0.29, 0.717) is 37.4 Å². The van der Waals surface area contributed by atoms with Crippen LogP contribution in [0.1, 0.15) is 29.1 Å². The fourth-order valence-corrected chi connectivity index (χ4v) is 3.10. The van der Waals surface area contributed by atoms with E-state index in [4.69, 9.17) is 4.74 Å². The lowest BCUT2D eigenvalue weighted by molar-refractivity contribution is -0.120. The van der Waals surface area contributed by atoms with Gasteiger partial charge in [0.25, 0.3) is 0 Å². The van der Waals surface area contributed by atoms with Gasteiger partial charge in [0.1, 0.15) is 0 Å². The van der Waals surface area contributed by atoms with Crippen molar-refractivity contribution < 1.29 is 19.1 Å². The molecule has 0 aliphatic rings. The summed E-state index contributed by atoms with van der Waals surface area (Å²) >= 11 is 1.54. The summed E-state index contributed by atoms with van der Waals surface area (Å²) in [6.07, 6.45) is 0.339. The van der Waals surface area contributed by atoms with Gasteiger partial charge in [-0.05, 0) is 42.6 Å². The molecule has 1 aromatic heterocycles. The second-order valence-electron chi connectivity index (χ2n) is 5.54. The Morgan fingerprint density at radius 1 is 1.15 bits per heavy atom. The maximum absolute atomic E-state index is 11.9. The number of benzene rings is 1. The Kier molecular flexibility index (Phi) is 7.35. The van der Waals surface area contributed by atoms with Crippen molar-refractivity contribution in [2.45, 2.75) is 20.3 Å². The number of rotatable bonds is 8. The van der Waals surface area contributed by atoms with Gasteiger partial charge in [-0.25, -0.2) is 4.79 Å². The number of nitrogens with zero attached hydrogens (tertiary/aromatic N) is 1. The van der Waals surface area contributed by atoms with Gasteiger partial charge >= 0.3 is 5.97 Å². The van der Waals surface area contributed by atoms with Crippen LogP contribution >= 0.6 is 11.3 Å². The van der Waals surface area contributed by atoms with Crippen molar-refractivity contribution in [1.29, 1.82) is 0 Å². The highest BCUT2D eigenvalue weighted by atomic mass is 32.1. The fourth-order valence-electron chi connectivity index (χ4n) is 2.40. The van der Waals surface area contributed by atoms with Crippen LogP contribution in [0.5, 0.6) is 0 Å². The first-order chi connectivity index (χ1) is 12.5. The van der Waals surface area contributed by atoms with Crippen molar-refractivity contribution >= 4 is 34.8 Å². The Bertz CT molecular complexity index is 741. The molecule has 0 spiro atoms. The molecule has 1 heterocycles. The standard InChI is InChI=1S/C19H22N2O4S/c1-3-25-19(24)15-6-8-16(9-7-15)21(14(2)22)11-10-20-18(23)13-17-5-4-12-26-17/h4-9,12H,3,10-11,13H2,1-2H3,(H,20,23). The van der Waals surface area contributed by atoms with Crippen molar-refractivity contribution in [2.24, 2.45) is 0 Å². The summed E-state index contributed by atoms with van der Waals surface area (Å²) in [7, 11) is 0. The molecule has 0 atom stereocenters. The van der Waals surface area contributed by atoms with Crippen LogP contribution in [0.2, 0.25) is 0 Å². The first-order valence-electron chi connectivity index (χ1n) is 8.35. The summed E-state index contributed by atoms with van der Waals surface area (Å²) in [5.74, 6) is -0.607. The van der Waals surface area contributed by atoms with Gasteiger partial charge in [-0.3, -0.25) is 9.59 Å². The van der Waals surface area contributed by atoms with Gasteiger partial charge in [-0.2, -0.15) is 0 Å². The van der Waals surface area contributed by atoms with Crippen LogP contribution in [0.4, 0.5) is 5.69 Å². The van der Waals surface area contributed by atoms with Crippen molar-refractivity contribution in [3.8, 4) is 0 Å². The van der Waals surface area contributed by atoms with Gasteiger partial charge in [-0.1, -0.05) is 6.07 Å². The Morgan fingerprint density at radius 2 is 1.88 bits per heavy atom. The average Bonchev–Trinajstić information content (AvgIpc) is 3.12. The van der Waals surface area contributed by atoms with E-state index in [-0.39, 0.29) is 11.8 Å². The molecule has 0 radical (unpaired) electrons. The Labute approximate surface area is 156 Å². The molecule has 138 valence electrons. The van der Waals surface area contributed by atoms with Gasteiger partial charge in [-0.15, -0.1) is 11.3 Å². The molecule has 1 aromatic carbocycles. The number of anilines is 1. The van der Waals surface area contributed by atoms with E-state index in [9.17, 15) is 14.4 Å². The monoisotopic (exact) mass is 374 g/mol. The Morgan fingerprint density at radius 3 is 2.46 bits per heavy atom. The van der Waals surface area contributed by atoms with E-state index in [1.165, 1.54) is 18.3 Å². The molecule has 2 rings (SSSR count). The van der Waals surface area contributed by atoms with Crippen LogP contribution in [0.3, 0.4) is 0 Å². The number of hydrogen-bond donors (Lipinski definition) is 1. The number of carbonyl (C=O) groups excluding carboxylic acids is 3. The molecule has 26 heavy (non-hydrogen) atoms. The van der Waals surface area contributed by atoms with E-state index in [0.717, 1.165) is 4.88 Å². The Hall–Kier alpha value is -2.67. The normalized spacial score (nSPS) is 10.2. The highest BCUT2D eigenvalue weighted by Crippen LogP contribution is 2.16. The molecule has 0 saturated carbocycles. The first-order valence-corrected chi connectivity index (χ1v) is 9.23. The minimum Gasteiger partial charge on any atom is -0.462 e. The van der Waals surface area contributed by atoms with Crippen LogP contribution < -0.4 is 10.2 Å². The van der Waals surface area contributed by atoms with Crippen molar-refractivity contribution in [1.82, 2.24) is 5.32 Å². The summed E-state index contributed by atoms with van der Waals surface area (Å²) < 4.78 is 4.94. The third kappa shape index (κ3) is 5.70. The summed E-state index contributed by atoms with van der Waals surface area (Å²) in [6, 6.07) is 10.5. The molecule has 0 aliphatic heterocycles. The van der Waals surface area contributed by atoms with Gasteiger partial charge in [0, 0.05) is 30.6 Å². The van der Waals surface area contributed by atoms with Crippen molar-refractivity contribution in [2.75, 3.05) is 24.6 Å². The third-order valence-corrected chi connectivity index (χ3v) is 4.52. The molecule has 0 fully saturated rings. The van der Waals surface area contributed by atoms with Gasteiger partial charge in [0.2, 0.25) is 11.8 Å². The second-order valence-corrected chi connectivity index (χ2v) is 6.58. The predicted octanol–water partition coefficient (Wildman–Crippen LogP) is 2.64. The molecular weight excluding hydrogens is 352 g/mol. The zero-order chi connectivity index (χ0) is 18.9. The zero-order valence-electron chi connectivity index (χ0n) is 14.9. The van der Waals surface area contributed by atoms with Crippen molar-refractivity contribution in [3.05, 3.63) is 52.2 Å². The quantitative estimate of drug-likeness (QED) is 0.721. The van der Waals surface area contributed by atoms with Gasteiger partial charge < -0.3 is 15.0 Å².